The summed E-state index contributed by atoms with van der Waals surface area (Å²) in [5.74, 6) is 1.32. The van der Waals surface area contributed by atoms with Crippen molar-refractivity contribution in [2.45, 2.75) is 19.0 Å². The van der Waals surface area contributed by atoms with Gasteiger partial charge >= 0.3 is 0 Å². The smallest absolute Gasteiger partial charge is 0.234 e. The zero-order chi connectivity index (χ0) is 19.4. The summed E-state index contributed by atoms with van der Waals surface area (Å²) in [5.41, 5.74) is 2.64. The minimum absolute atomic E-state index is 0.180. The highest BCUT2D eigenvalue weighted by Gasteiger charge is 2.15. The second-order valence-corrected chi connectivity index (χ2v) is 7.21. The molecule has 0 aliphatic carbocycles. The molecule has 3 rings (SSSR count). The number of ether oxygens (including phenoxy) is 1. The molecule has 0 fully saturated rings. The Hall–Kier alpha value is -2.51. The van der Waals surface area contributed by atoms with Gasteiger partial charge in [0.25, 0.3) is 0 Å². The van der Waals surface area contributed by atoms with Crippen LogP contribution in [0, 0.1) is 13.8 Å². The fraction of sp³-hybridized carbons (Fsp3) is 0.211. The zero-order valence-electron chi connectivity index (χ0n) is 15.2. The van der Waals surface area contributed by atoms with E-state index >= 15 is 0 Å². The number of hydrogen-bond acceptors (Lipinski definition) is 5. The maximum Gasteiger partial charge on any atom is 0.234 e. The average molecular weight is 403 g/mol. The monoisotopic (exact) mass is 402 g/mol. The molecule has 0 saturated carbocycles. The van der Waals surface area contributed by atoms with Gasteiger partial charge in [0.1, 0.15) is 11.6 Å². The lowest BCUT2D eigenvalue weighted by Gasteiger charge is -2.12. The number of hydrogen-bond donors (Lipinski definition) is 1. The lowest BCUT2D eigenvalue weighted by molar-refractivity contribution is -0.113. The summed E-state index contributed by atoms with van der Waals surface area (Å²) in [4.78, 5) is 12.4. The predicted molar refractivity (Wildman–Crippen MR) is 108 cm³/mol. The van der Waals surface area contributed by atoms with Crippen molar-refractivity contribution in [3.63, 3.8) is 0 Å². The van der Waals surface area contributed by atoms with E-state index in [2.05, 4.69) is 15.5 Å². The largest absolute Gasteiger partial charge is 0.495 e. The van der Waals surface area contributed by atoms with Gasteiger partial charge in [-0.15, -0.1) is 10.2 Å². The van der Waals surface area contributed by atoms with Crippen molar-refractivity contribution < 1.29 is 9.53 Å². The number of carbonyl (C=O) groups is 1. The van der Waals surface area contributed by atoms with E-state index < -0.39 is 0 Å². The number of para-hydroxylation sites is 1. The van der Waals surface area contributed by atoms with Gasteiger partial charge in [-0.2, -0.15) is 0 Å². The van der Waals surface area contributed by atoms with Gasteiger partial charge in [-0.3, -0.25) is 9.36 Å². The average Bonchev–Trinajstić information content (AvgIpc) is 3.01. The molecule has 0 aliphatic heterocycles. The summed E-state index contributed by atoms with van der Waals surface area (Å²) >= 11 is 7.32. The van der Waals surface area contributed by atoms with Crippen LogP contribution in [0.2, 0.25) is 5.02 Å². The molecular weight excluding hydrogens is 384 g/mol. The topological polar surface area (TPSA) is 69.0 Å². The molecule has 1 N–H and O–H groups in total. The Labute approximate surface area is 166 Å². The van der Waals surface area contributed by atoms with Crippen molar-refractivity contribution in [3.8, 4) is 11.4 Å². The van der Waals surface area contributed by atoms with Crippen molar-refractivity contribution in [1.29, 1.82) is 0 Å². The van der Waals surface area contributed by atoms with Gasteiger partial charge in [-0.25, -0.2) is 0 Å². The van der Waals surface area contributed by atoms with E-state index in [4.69, 9.17) is 16.3 Å². The quantitative estimate of drug-likeness (QED) is 0.623. The third-order valence-electron chi connectivity index (χ3n) is 3.92. The summed E-state index contributed by atoms with van der Waals surface area (Å²) in [6.07, 6.45) is 0. The van der Waals surface area contributed by atoms with Gasteiger partial charge < -0.3 is 10.1 Å². The van der Waals surface area contributed by atoms with Gasteiger partial charge in [0.05, 0.1) is 24.2 Å². The van der Waals surface area contributed by atoms with Crippen LogP contribution >= 0.6 is 23.4 Å². The molecule has 2 aromatic carbocycles. The standard InChI is InChI=1S/C19H19ClN4O2S/c1-12-6-4-5-7-16(12)24-13(2)22-23-19(24)27-11-18(25)21-15-10-14(20)8-9-17(15)26-3/h4-10H,11H2,1-3H3,(H,21,25). The predicted octanol–water partition coefficient (Wildman–Crippen LogP) is 4.28. The summed E-state index contributed by atoms with van der Waals surface area (Å²) in [5, 5.41) is 12.4. The molecule has 140 valence electrons. The minimum atomic E-state index is -0.183. The van der Waals surface area contributed by atoms with Crippen LogP contribution in [-0.2, 0) is 4.79 Å². The van der Waals surface area contributed by atoms with Gasteiger partial charge in [0, 0.05) is 5.02 Å². The van der Waals surface area contributed by atoms with Crippen molar-refractivity contribution in [2.75, 3.05) is 18.2 Å². The second-order valence-electron chi connectivity index (χ2n) is 5.83. The first-order valence-corrected chi connectivity index (χ1v) is 9.60. The molecule has 0 spiro atoms. The maximum atomic E-state index is 12.4. The molecule has 0 saturated heterocycles. The maximum absolute atomic E-state index is 12.4. The van der Waals surface area contributed by atoms with E-state index in [1.807, 2.05) is 42.7 Å². The Morgan fingerprint density at radius 3 is 2.74 bits per heavy atom. The highest BCUT2D eigenvalue weighted by molar-refractivity contribution is 7.99. The number of benzene rings is 2. The number of methoxy groups -OCH3 is 1. The molecule has 0 unspecified atom stereocenters. The molecule has 0 aliphatic rings. The highest BCUT2D eigenvalue weighted by atomic mass is 35.5. The molecule has 0 radical (unpaired) electrons. The number of nitrogens with one attached hydrogen (secondary N) is 1. The first-order chi connectivity index (χ1) is 13.0. The Kier molecular flexibility index (Phi) is 6.03. The van der Waals surface area contributed by atoms with Crippen LogP contribution in [0.5, 0.6) is 5.75 Å². The first kappa shape index (κ1) is 19.3. The number of nitrogens with zero attached hydrogens (tertiary/aromatic N) is 3. The summed E-state index contributed by atoms with van der Waals surface area (Å²) < 4.78 is 7.20. The van der Waals surface area contributed by atoms with E-state index in [1.54, 1.807) is 25.3 Å². The number of aryl methyl sites for hydroxylation is 2. The van der Waals surface area contributed by atoms with Crippen LogP contribution in [0.3, 0.4) is 0 Å². The fourth-order valence-corrected chi connectivity index (χ4v) is 3.58. The molecular formula is C19H19ClN4O2S. The van der Waals surface area contributed by atoms with Crippen LogP contribution in [0.15, 0.2) is 47.6 Å². The number of amides is 1. The molecule has 1 aromatic heterocycles. The lowest BCUT2D eigenvalue weighted by atomic mass is 10.2. The summed E-state index contributed by atoms with van der Waals surface area (Å²) in [6, 6.07) is 13.1. The highest BCUT2D eigenvalue weighted by Crippen LogP contribution is 2.28. The van der Waals surface area contributed by atoms with Crippen molar-refractivity contribution in [3.05, 3.63) is 58.9 Å². The number of carbonyl (C=O) groups excluding carboxylic acids is 1. The first-order valence-electron chi connectivity index (χ1n) is 8.24. The molecule has 27 heavy (non-hydrogen) atoms. The SMILES string of the molecule is COc1ccc(Cl)cc1NC(=O)CSc1nnc(C)n1-c1ccccc1C. The molecule has 1 heterocycles. The van der Waals surface area contributed by atoms with E-state index in [-0.39, 0.29) is 11.7 Å². The molecule has 0 bridgehead atoms. The van der Waals surface area contributed by atoms with Crippen molar-refractivity contribution in [1.82, 2.24) is 14.8 Å². The normalized spacial score (nSPS) is 10.7. The van der Waals surface area contributed by atoms with Crippen LogP contribution in [0.4, 0.5) is 5.69 Å². The number of anilines is 1. The van der Waals surface area contributed by atoms with Crippen LogP contribution in [0.25, 0.3) is 5.69 Å². The third kappa shape index (κ3) is 4.43. The Bertz CT molecular complexity index is 974. The molecule has 3 aromatic rings. The molecule has 0 atom stereocenters. The van der Waals surface area contributed by atoms with Gasteiger partial charge in [0.2, 0.25) is 5.91 Å². The Morgan fingerprint density at radius 2 is 2.00 bits per heavy atom. The lowest BCUT2D eigenvalue weighted by Crippen LogP contribution is -2.15. The van der Waals surface area contributed by atoms with Crippen LogP contribution in [-0.4, -0.2) is 33.5 Å². The molecule has 1 amide bonds. The second kappa shape index (κ2) is 8.45. The third-order valence-corrected chi connectivity index (χ3v) is 5.08. The minimum Gasteiger partial charge on any atom is -0.495 e. The molecule has 6 nitrogen and oxygen atoms in total. The van der Waals surface area contributed by atoms with Gasteiger partial charge in [-0.05, 0) is 43.7 Å². The summed E-state index contributed by atoms with van der Waals surface area (Å²) in [7, 11) is 1.54. The van der Waals surface area contributed by atoms with Crippen LogP contribution in [0.1, 0.15) is 11.4 Å². The van der Waals surface area contributed by atoms with E-state index in [9.17, 15) is 4.79 Å². The van der Waals surface area contributed by atoms with Crippen LogP contribution < -0.4 is 10.1 Å². The number of aromatic nitrogens is 3. The fourth-order valence-electron chi connectivity index (χ4n) is 2.62. The van der Waals surface area contributed by atoms with E-state index in [0.717, 1.165) is 17.1 Å². The number of rotatable bonds is 6. The van der Waals surface area contributed by atoms with Crippen molar-refractivity contribution in [2.24, 2.45) is 0 Å². The Balaban J connectivity index is 1.74. The van der Waals surface area contributed by atoms with Gasteiger partial charge in [0.15, 0.2) is 5.16 Å². The Morgan fingerprint density at radius 1 is 1.22 bits per heavy atom. The molecule has 8 heteroatoms. The number of thioether (sulfide) groups is 1. The zero-order valence-corrected chi connectivity index (χ0v) is 16.8. The van der Waals surface area contributed by atoms with Gasteiger partial charge in [-0.1, -0.05) is 41.6 Å². The van der Waals surface area contributed by atoms with E-state index in [0.29, 0.717) is 21.6 Å². The van der Waals surface area contributed by atoms with Crippen molar-refractivity contribution >= 4 is 35.0 Å². The summed E-state index contributed by atoms with van der Waals surface area (Å²) in [6.45, 7) is 3.92. The number of halogens is 1. The van der Waals surface area contributed by atoms with E-state index in [1.165, 1.54) is 11.8 Å².